The Bertz CT molecular complexity index is 377. The summed E-state index contributed by atoms with van der Waals surface area (Å²) in [4.78, 5) is 10.3. The normalized spacial score (nSPS) is 10.2. The van der Waals surface area contributed by atoms with Gasteiger partial charge < -0.3 is 20.0 Å². The predicted molar refractivity (Wildman–Crippen MR) is 63.7 cm³/mol. The van der Waals surface area contributed by atoms with Gasteiger partial charge in [-0.15, -0.1) is 0 Å². The van der Waals surface area contributed by atoms with E-state index in [1.165, 1.54) is 0 Å². The van der Waals surface area contributed by atoms with Crippen molar-refractivity contribution in [3.05, 3.63) is 29.3 Å². The van der Waals surface area contributed by atoms with Crippen molar-refractivity contribution in [2.45, 2.75) is 26.8 Å². The first kappa shape index (κ1) is 13.5. The lowest BCUT2D eigenvalue weighted by atomic mass is 10.1. The average molecular weight is 236 g/mol. The first-order valence-electron chi connectivity index (χ1n) is 5.76. The summed E-state index contributed by atoms with van der Waals surface area (Å²) in [6, 6.07) is 5.72. The third kappa shape index (κ3) is 4.87. The lowest BCUT2D eigenvalue weighted by Gasteiger charge is -2.11. The van der Waals surface area contributed by atoms with E-state index in [0.717, 1.165) is 30.6 Å². The van der Waals surface area contributed by atoms with Gasteiger partial charge in [0.05, 0.1) is 5.97 Å². The molecule has 94 valence electrons. The number of nitrogens with one attached hydrogen (secondary N) is 1. The maximum absolute atomic E-state index is 10.3. The Labute approximate surface area is 102 Å². The second kappa shape index (κ2) is 6.91. The number of carboxylic acids is 1. The number of hydrogen-bond acceptors (Lipinski definition) is 4. The SMILES string of the molecule is CCCNCc1ccc(OCC(=O)[O-])c(C)c1. The molecule has 0 aliphatic heterocycles. The molecule has 0 aromatic heterocycles. The molecule has 1 aromatic rings. The van der Waals surface area contributed by atoms with Crippen LogP contribution in [0.5, 0.6) is 5.75 Å². The molecule has 0 bridgehead atoms. The largest absolute Gasteiger partial charge is 0.546 e. The summed E-state index contributed by atoms with van der Waals surface area (Å²) in [5, 5.41) is 13.6. The Morgan fingerprint density at radius 2 is 2.24 bits per heavy atom. The lowest BCUT2D eigenvalue weighted by molar-refractivity contribution is -0.307. The Morgan fingerprint density at radius 3 is 2.82 bits per heavy atom. The minimum atomic E-state index is -1.21. The first-order chi connectivity index (χ1) is 8.13. The highest BCUT2D eigenvalue weighted by atomic mass is 16.5. The lowest BCUT2D eigenvalue weighted by Crippen LogP contribution is -2.29. The number of ether oxygens (including phenoxy) is 1. The fraction of sp³-hybridized carbons (Fsp3) is 0.462. The van der Waals surface area contributed by atoms with Crippen molar-refractivity contribution in [2.75, 3.05) is 13.2 Å². The Hall–Kier alpha value is -1.55. The van der Waals surface area contributed by atoms with Crippen LogP contribution in [0.2, 0.25) is 0 Å². The third-order valence-corrected chi connectivity index (χ3v) is 2.34. The molecule has 0 amide bonds. The van der Waals surface area contributed by atoms with Gasteiger partial charge in [-0.2, -0.15) is 0 Å². The van der Waals surface area contributed by atoms with Gasteiger partial charge in [0.25, 0.3) is 0 Å². The van der Waals surface area contributed by atoms with Crippen LogP contribution in [0.3, 0.4) is 0 Å². The molecule has 1 rings (SSSR count). The summed E-state index contributed by atoms with van der Waals surface area (Å²) in [6.45, 7) is 5.41. The second-order valence-corrected chi connectivity index (χ2v) is 3.94. The third-order valence-electron chi connectivity index (χ3n) is 2.34. The summed E-state index contributed by atoms with van der Waals surface area (Å²) in [5.41, 5.74) is 2.10. The Morgan fingerprint density at radius 1 is 1.47 bits per heavy atom. The van der Waals surface area contributed by atoms with Crippen LogP contribution >= 0.6 is 0 Å². The van der Waals surface area contributed by atoms with Gasteiger partial charge in [-0.05, 0) is 37.1 Å². The molecule has 0 heterocycles. The van der Waals surface area contributed by atoms with E-state index >= 15 is 0 Å². The quantitative estimate of drug-likeness (QED) is 0.705. The molecule has 0 aliphatic rings. The van der Waals surface area contributed by atoms with Gasteiger partial charge >= 0.3 is 0 Å². The summed E-state index contributed by atoms with van der Waals surface area (Å²) >= 11 is 0. The molecule has 4 heteroatoms. The van der Waals surface area contributed by atoms with E-state index < -0.39 is 12.6 Å². The second-order valence-electron chi connectivity index (χ2n) is 3.94. The highest BCUT2D eigenvalue weighted by Gasteiger charge is 2.01. The maximum Gasteiger partial charge on any atom is 0.128 e. The van der Waals surface area contributed by atoms with Crippen molar-refractivity contribution in [1.29, 1.82) is 0 Å². The van der Waals surface area contributed by atoms with Gasteiger partial charge in [0.2, 0.25) is 0 Å². The predicted octanol–water partition coefficient (Wildman–Crippen LogP) is 0.623. The fourth-order valence-electron chi connectivity index (χ4n) is 1.53. The molecule has 1 N–H and O–H groups in total. The zero-order chi connectivity index (χ0) is 12.7. The van der Waals surface area contributed by atoms with Gasteiger partial charge in [0, 0.05) is 6.54 Å². The number of carboxylic acid groups (broad SMARTS) is 1. The highest BCUT2D eigenvalue weighted by Crippen LogP contribution is 2.18. The van der Waals surface area contributed by atoms with Crippen LogP contribution < -0.4 is 15.2 Å². The van der Waals surface area contributed by atoms with E-state index in [2.05, 4.69) is 12.2 Å². The van der Waals surface area contributed by atoms with Crippen molar-refractivity contribution in [3.63, 3.8) is 0 Å². The smallest absolute Gasteiger partial charge is 0.128 e. The van der Waals surface area contributed by atoms with Crippen LogP contribution in [0, 0.1) is 6.92 Å². The van der Waals surface area contributed by atoms with Crippen molar-refractivity contribution in [3.8, 4) is 5.75 Å². The average Bonchev–Trinajstić information content (AvgIpc) is 2.28. The van der Waals surface area contributed by atoms with E-state index in [4.69, 9.17) is 4.74 Å². The van der Waals surface area contributed by atoms with Crippen molar-refractivity contribution in [1.82, 2.24) is 5.32 Å². The Balaban J connectivity index is 2.56. The number of rotatable bonds is 7. The van der Waals surface area contributed by atoms with E-state index in [0.29, 0.717) is 5.75 Å². The number of carbonyl (C=O) groups is 1. The molecule has 4 nitrogen and oxygen atoms in total. The van der Waals surface area contributed by atoms with Crippen molar-refractivity contribution in [2.24, 2.45) is 0 Å². The monoisotopic (exact) mass is 236 g/mol. The zero-order valence-electron chi connectivity index (χ0n) is 10.3. The maximum atomic E-state index is 10.3. The van der Waals surface area contributed by atoms with Gasteiger partial charge in [0.1, 0.15) is 12.4 Å². The van der Waals surface area contributed by atoms with Crippen LogP contribution in [0.4, 0.5) is 0 Å². The molecule has 0 fully saturated rings. The Kier molecular flexibility index (Phi) is 5.49. The van der Waals surface area contributed by atoms with Crippen LogP contribution in [-0.4, -0.2) is 19.1 Å². The minimum Gasteiger partial charge on any atom is -0.546 e. The number of carbonyl (C=O) groups excluding carboxylic acids is 1. The molecular weight excluding hydrogens is 218 g/mol. The number of aryl methyl sites for hydroxylation is 1. The standard InChI is InChI=1S/C13H19NO3/c1-3-6-14-8-11-4-5-12(10(2)7-11)17-9-13(15)16/h4-5,7,14H,3,6,8-9H2,1-2H3,(H,15,16)/p-1. The summed E-state index contributed by atoms with van der Waals surface area (Å²) in [7, 11) is 0. The van der Waals surface area contributed by atoms with Crippen LogP contribution in [0.1, 0.15) is 24.5 Å². The first-order valence-corrected chi connectivity index (χ1v) is 5.76. The van der Waals surface area contributed by atoms with E-state index in [9.17, 15) is 9.90 Å². The van der Waals surface area contributed by atoms with Crippen LogP contribution in [-0.2, 0) is 11.3 Å². The molecule has 0 saturated carbocycles. The molecule has 0 saturated heterocycles. The van der Waals surface area contributed by atoms with Gasteiger partial charge in [-0.25, -0.2) is 0 Å². The molecule has 0 aliphatic carbocycles. The summed E-state index contributed by atoms with van der Waals surface area (Å²) < 4.78 is 5.10. The van der Waals surface area contributed by atoms with Gasteiger partial charge in [0.15, 0.2) is 0 Å². The van der Waals surface area contributed by atoms with Crippen molar-refractivity contribution < 1.29 is 14.6 Å². The molecule has 0 unspecified atom stereocenters. The van der Waals surface area contributed by atoms with Crippen molar-refractivity contribution >= 4 is 5.97 Å². The molecule has 0 radical (unpaired) electrons. The van der Waals surface area contributed by atoms with E-state index in [-0.39, 0.29) is 0 Å². The molecule has 0 spiro atoms. The van der Waals surface area contributed by atoms with E-state index in [1.807, 2.05) is 19.1 Å². The molecule has 1 aromatic carbocycles. The van der Waals surface area contributed by atoms with Crippen LogP contribution in [0.15, 0.2) is 18.2 Å². The number of aliphatic carboxylic acids is 1. The summed E-state index contributed by atoms with van der Waals surface area (Å²) in [6.07, 6.45) is 1.10. The number of hydrogen-bond donors (Lipinski definition) is 1. The summed E-state index contributed by atoms with van der Waals surface area (Å²) in [5.74, 6) is -0.619. The van der Waals surface area contributed by atoms with E-state index in [1.54, 1.807) is 6.07 Å². The molecule has 17 heavy (non-hydrogen) atoms. The minimum absolute atomic E-state index is 0.408. The molecular formula is C13H18NO3-. The molecule has 0 atom stereocenters. The van der Waals surface area contributed by atoms with Gasteiger partial charge in [-0.1, -0.05) is 19.1 Å². The topological polar surface area (TPSA) is 61.4 Å². The zero-order valence-corrected chi connectivity index (χ0v) is 10.3. The number of benzene rings is 1. The van der Waals surface area contributed by atoms with Gasteiger partial charge in [-0.3, -0.25) is 0 Å². The highest BCUT2D eigenvalue weighted by molar-refractivity contribution is 5.66. The fourth-order valence-corrected chi connectivity index (χ4v) is 1.53. The van der Waals surface area contributed by atoms with Crippen LogP contribution in [0.25, 0.3) is 0 Å².